The van der Waals surface area contributed by atoms with E-state index in [-0.39, 0.29) is 17.0 Å². The molecule has 0 amide bonds. The van der Waals surface area contributed by atoms with E-state index >= 15 is 0 Å². The van der Waals surface area contributed by atoms with Crippen molar-refractivity contribution in [3.8, 4) is 0 Å². The van der Waals surface area contributed by atoms with Crippen molar-refractivity contribution in [3.05, 3.63) is 86.6 Å². The predicted octanol–water partition coefficient (Wildman–Crippen LogP) is 3.91. The van der Waals surface area contributed by atoms with Gasteiger partial charge in [0, 0.05) is 36.5 Å². The van der Waals surface area contributed by atoms with Gasteiger partial charge in [-0.15, -0.1) is 0 Å². The van der Waals surface area contributed by atoms with Crippen LogP contribution in [-0.4, -0.2) is 38.2 Å². The van der Waals surface area contributed by atoms with Gasteiger partial charge in [-0.25, -0.2) is 0 Å². The first kappa shape index (κ1) is 22.0. The lowest BCUT2D eigenvalue weighted by molar-refractivity contribution is 0.187. The number of aryl methyl sites for hydroxylation is 1. The summed E-state index contributed by atoms with van der Waals surface area (Å²) in [5, 5.41) is 8.12. The Morgan fingerprint density at radius 2 is 2.03 bits per heavy atom. The molecule has 2 aliphatic rings. The van der Waals surface area contributed by atoms with Gasteiger partial charge in [-0.05, 0) is 48.8 Å². The molecule has 4 heterocycles. The summed E-state index contributed by atoms with van der Waals surface area (Å²) in [6.07, 6.45) is 4.54. The van der Waals surface area contributed by atoms with E-state index in [2.05, 4.69) is 60.9 Å². The van der Waals surface area contributed by atoms with Gasteiger partial charge >= 0.3 is 0 Å². The zero-order chi connectivity index (χ0) is 24.3. The van der Waals surface area contributed by atoms with Gasteiger partial charge in [-0.2, -0.15) is 10.1 Å². The maximum Gasteiger partial charge on any atom is 0.264 e. The number of fused-ring (bicyclic) bond motifs is 2. The first-order chi connectivity index (χ1) is 16.9. The van der Waals surface area contributed by atoms with Gasteiger partial charge in [-0.1, -0.05) is 42.4 Å². The third-order valence-electron chi connectivity index (χ3n) is 7.75. The molecule has 1 aromatic carbocycles. The Morgan fingerprint density at radius 3 is 2.80 bits per heavy atom. The highest BCUT2D eigenvalue weighted by molar-refractivity contribution is 6.33. The second-order valence-electron chi connectivity index (χ2n) is 9.63. The van der Waals surface area contributed by atoms with Crippen LogP contribution < -0.4 is 16.2 Å². The van der Waals surface area contributed by atoms with Crippen LogP contribution in [0.2, 0.25) is 5.02 Å². The van der Waals surface area contributed by atoms with Crippen LogP contribution in [0.4, 0.5) is 5.95 Å². The summed E-state index contributed by atoms with van der Waals surface area (Å²) < 4.78 is 0. The number of hydrogen-bond acceptors (Lipinski definition) is 6. The highest BCUT2D eigenvalue weighted by Crippen LogP contribution is 2.50. The number of anilines is 1. The summed E-state index contributed by atoms with van der Waals surface area (Å²) in [7, 11) is 0. The molecule has 1 aliphatic carbocycles. The molecule has 178 valence electrons. The summed E-state index contributed by atoms with van der Waals surface area (Å²) in [6, 6.07) is 10.3. The van der Waals surface area contributed by atoms with Crippen LogP contribution in [0.15, 0.2) is 47.9 Å². The van der Waals surface area contributed by atoms with E-state index in [1.54, 1.807) is 12.3 Å². The molecule has 0 saturated carbocycles. The molecule has 1 saturated heterocycles. The van der Waals surface area contributed by atoms with Gasteiger partial charge in [0.25, 0.3) is 5.56 Å². The highest BCUT2D eigenvalue weighted by atomic mass is 35.5. The van der Waals surface area contributed by atoms with Crippen molar-refractivity contribution in [3.63, 3.8) is 0 Å². The first-order valence-corrected chi connectivity index (χ1v) is 12.1. The number of nitrogens with zero attached hydrogens (tertiary/aromatic N) is 4. The quantitative estimate of drug-likeness (QED) is 0.403. The van der Waals surface area contributed by atoms with Gasteiger partial charge < -0.3 is 10.6 Å². The fourth-order valence-corrected chi connectivity index (χ4v) is 5.90. The Hall–Kier alpha value is -3.49. The van der Waals surface area contributed by atoms with Gasteiger partial charge in [0.15, 0.2) is 5.65 Å². The minimum Gasteiger partial charge on any atom is -0.342 e. The molecule has 0 unspecified atom stereocenters. The lowest BCUT2D eigenvalue weighted by atomic mass is 9.73. The van der Waals surface area contributed by atoms with Crippen molar-refractivity contribution >= 4 is 34.2 Å². The van der Waals surface area contributed by atoms with E-state index in [0.29, 0.717) is 44.5 Å². The second-order valence-corrected chi connectivity index (χ2v) is 10.0. The molecule has 3 aromatic heterocycles. The molecule has 4 aromatic rings. The van der Waals surface area contributed by atoms with Crippen molar-refractivity contribution in [2.24, 2.45) is 11.1 Å². The highest BCUT2D eigenvalue weighted by Gasteiger charge is 2.46. The summed E-state index contributed by atoms with van der Waals surface area (Å²) >= 11 is 6.44. The minimum absolute atomic E-state index is 0.0406. The summed E-state index contributed by atoms with van der Waals surface area (Å²) in [4.78, 5) is 27.1. The maximum absolute atomic E-state index is 13.2. The lowest BCUT2D eigenvalue weighted by Gasteiger charge is -2.42. The molecular weight excluding hydrogens is 462 g/mol. The SMILES string of the molecule is C=C(c1ccnc(C)c1Cl)c1[nH]nc2nc(N3CCC4(CC3)Cc3ccccc3[C@H]4N)[nH]c(=O)c12. The average molecular weight is 488 g/mol. The number of rotatable bonds is 3. The van der Waals surface area contributed by atoms with Crippen LogP contribution >= 0.6 is 11.6 Å². The second kappa shape index (κ2) is 8.03. The Balaban J connectivity index is 1.27. The maximum atomic E-state index is 13.2. The molecule has 0 bridgehead atoms. The fourth-order valence-electron chi connectivity index (χ4n) is 5.67. The Bertz CT molecular complexity index is 1530. The number of halogens is 1. The number of piperidine rings is 1. The van der Waals surface area contributed by atoms with Crippen molar-refractivity contribution in [1.82, 2.24) is 25.1 Å². The zero-order valence-electron chi connectivity index (χ0n) is 19.4. The molecule has 8 nitrogen and oxygen atoms in total. The van der Waals surface area contributed by atoms with Crippen LogP contribution in [0.1, 0.15) is 47.0 Å². The third-order valence-corrected chi connectivity index (χ3v) is 8.23. The molecule has 6 rings (SSSR count). The molecule has 0 radical (unpaired) electrons. The molecule has 1 aliphatic heterocycles. The number of nitrogens with two attached hydrogens (primary N) is 1. The number of hydrogen-bond donors (Lipinski definition) is 3. The molecule has 1 fully saturated rings. The van der Waals surface area contributed by atoms with Gasteiger partial charge in [0.2, 0.25) is 5.95 Å². The molecule has 9 heteroatoms. The van der Waals surface area contributed by atoms with E-state index in [9.17, 15) is 4.79 Å². The van der Waals surface area contributed by atoms with Crippen LogP contribution in [0, 0.1) is 12.3 Å². The van der Waals surface area contributed by atoms with Crippen LogP contribution in [0.25, 0.3) is 16.6 Å². The normalized spacial score (nSPS) is 18.8. The topological polar surface area (TPSA) is 117 Å². The number of pyridine rings is 1. The van der Waals surface area contributed by atoms with Crippen molar-refractivity contribution in [1.29, 1.82) is 0 Å². The van der Waals surface area contributed by atoms with Crippen LogP contribution in [0.3, 0.4) is 0 Å². The Kier molecular flexibility index (Phi) is 5.05. The number of H-pyrrole nitrogens is 2. The molecular formula is C26H26ClN7O. The smallest absolute Gasteiger partial charge is 0.264 e. The van der Waals surface area contributed by atoms with Crippen LogP contribution in [-0.2, 0) is 6.42 Å². The number of aromatic nitrogens is 5. The molecule has 35 heavy (non-hydrogen) atoms. The van der Waals surface area contributed by atoms with E-state index in [1.165, 1.54) is 11.1 Å². The van der Waals surface area contributed by atoms with Crippen molar-refractivity contribution < 1.29 is 0 Å². The van der Waals surface area contributed by atoms with Gasteiger partial charge in [0.1, 0.15) is 5.39 Å². The molecule has 1 spiro atoms. The van der Waals surface area contributed by atoms with Gasteiger partial charge in [-0.3, -0.25) is 19.9 Å². The monoisotopic (exact) mass is 487 g/mol. The van der Waals surface area contributed by atoms with Crippen molar-refractivity contribution in [2.75, 3.05) is 18.0 Å². The van der Waals surface area contributed by atoms with Crippen LogP contribution in [0.5, 0.6) is 0 Å². The van der Waals surface area contributed by atoms with E-state index in [1.807, 2.05) is 6.92 Å². The molecule has 4 N–H and O–H groups in total. The average Bonchev–Trinajstić information content (AvgIpc) is 3.41. The summed E-state index contributed by atoms with van der Waals surface area (Å²) in [5.41, 5.74) is 11.9. The van der Waals surface area contributed by atoms with Crippen molar-refractivity contribution in [2.45, 2.75) is 32.2 Å². The minimum atomic E-state index is -0.262. The first-order valence-electron chi connectivity index (χ1n) is 11.8. The van der Waals surface area contributed by atoms with E-state index in [0.717, 1.165) is 32.4 Å². The Morgan fingerprint density at radius 1 is 1.26 bits per heavy atom. The summed E-state index contributed by atoms with van der Waals surface area (Å²) in [5.74, 6) is 0.530. The number of benzene rings is 1. The summed E-state index contributed by atoms with van der Waals surface area (Å²) in [6.45, 7) is 7.52. The standard InChI is InChI=1S/C26H26ClN7O/c1-14(17-7-10-29-15(2)20(17)27)21-19-23(33-32-21)30-25(31-24(19)35)34-11-8-26(9-12-34)13-16-5-3-4-6-18(16)22(26)28/h3-7,10,22H,1,8-9,11-13,28H2,2H3,(H2,30,31,32,33,35)/t22-/m1/s1. The Labute approximate surface area is 207 Å². The lowest BCUT2D eigenvalue weighted by Crippen LogP contribution is -2.45. The fraction of sp³-hybridized carbons (Fsp3) is 0.308. The number of aromatic amines is 2. The predicted molar refractivity (Wildman–Crippen MR) is 138 cm³/mol. The van der Waals surface area contributed by atoms with Gasteiger partial charge in [0.05, 0.1) is 16.4 Å². The number of nitrogens with one attached hydrogen (secondary N) is 2. The zero-order valence-corrected chi connectivity index (χ0v) is 20.2. The molecule has 1 atom stereocenters. The van der Waals surface area contributed by atoms with E-state index in [4.69, 9.17) is 17.3 Å². The third kappa shape index (κ3) is 3.39. The van der Waals surface area contributed by atoms with E-state index < -0.39 is 0 Å². The largest absolute Gasteiger partial charge is 0.342 e.